The number of carbonyl (C=O) groups excluding carboxylic acids is 1. The predicted octanol–water partition coefficient (Wildman–Crippen LogP) is 5.77. The number of halogens is 6. The molecular formula is C19H12F6N4O. The van der Waals surface area contributed by atoms with E-state index in [1.165, 1.54) is 55.5 Å². The van der Waals surface area contributed by atoms with Gasteiger partial charge in [-0.3, -0.25) is 4.79 Å². The van der Waals surface area contributed by atoms with Crippen LogP contribution in [0.2, 0.25) is 0 Å². The lowest BCUT2D eigenvalue weighted by molar-refractivity contribution is -0.166. The SMILES string of the molecule is CC(=O)C(c1ccc(C2(C(F)(F)F)N=N2)cc1)c1ccc(C2(C(F)(F)F)N=N2)cc1. The minimum atomic E-state index is -4.67. The van der Waals surface area contributed by atoms with Crippen molar-refractivity contribution in [3.8, 4) is 0 Å². The molecule has 11 heteroatoms. The molecule has 0 unspecified atom stereocenters. The minimum absolute atomic E-state index is 0.180. The summed E-state index contributed by atoms with van der Waals surface area (Å²) in [5, 5.41) is 12.5. The second-order valence-corrected chi connectivity index (χ2v) is 7.03. The van der Waals surface area contributed by atoms with Crippen molar-refractivity contribution < 1.29 is 31.1 Å². The van der Waals surface area contributed by atoms with Gasteiger partial charge in [-0.25, -0.2) is 0 Å². The van der Waals surface area contributed by atoms with Crippen LogP contribution < -0.4 is 0 Å². The van der Waals surface area contributed by atoms with Crippen molar-refractivity contribution in [2.75, 3.05) is 0 Å². The number of rotatable bonds is 5. The fraction of sp³-hybridized carbons (Fsp3) is 0.316. The Labute approximate surface area is 165 Å². The van der Waals surface area contributed by atoms with E-state index in [9.17, 15) is 31.1 Å². The molecular weight excluding hydrogens is 414 g/mol. The molecule has 2 aromatic rings. The van der Waals surface area contributed by atoms with Crippen LogP contribution in [0.1, 0.15) is 35.1 Å². The summed E-state index contributed by atoms with van der Waals surface area (Å²) in [6, 6.07) is 10.2. The van der Waals surface area contributed by atoms with Crippen LogP contribution in [0.25, 0.3) is 0 Å². The normalized spacial score (nSPS) is 18.5. The Balaban J connectivity index is 1.62. The maximum absolute atomic E-state index is 13.1. The average Bonchev–Trinajstić information content (AvgIpc) is 3.53. The lowest BCUT2D eigenvalue weighted by Crippen LogP contribution is -2.30. The van der Waals surface area contributed by atoms with Crippen molar-refractivity contribution in [1.82, 2.24) is 0 Å². The van der Waals surface area contributed by atoms with Gasteiger partial charge in [-0.1, -0.05) is 48.5 Å². The van der Waals surface area contributed by atoms with Crippen LogP contribution in [0.4, 0.5) is 26.3 Å². The van der Waals surface area contributed by atoms with E-state index in [2.05, 4.69) is 20.5 Å². The molecule has 0 saturated heterocycles. The standard InChI is InChI=1S/C19H12F6N4O/c1-10(30)15(11-2-6-13(7-3-11)16(26-27-16)18(20,21)22)12-4-8-14(9-5-12)17(28-29-17)19(23,24)25/h2-9,15H,1H3. The molecule has 4 rings (SSSR count). The third kappa shape index (κ3) is 2.99. The van der Waals surface area contributed by atoms with Crippen LogP contribution in [0.5, 0.6) is 0 Å². The van der Waals surface area contributed by atoms with E-state index in [4.69, 9.17) is 0 Å². The zero-order valence-electron chi connectivity index (χ0n) is 15.2. The number of ketones is 1. The molecule has 0 radical (unpaired) electrons. The van der Waals surface area contributed by atoms with E-state index >= 15 is 0 Å². The largest absolute Gasteiger partial charge is 0.442 e. The molecule has 0 fully saturated rings. The molecule has 0 aromatic heterocycles. The van der Waals surface area contributed by atoms with E-state index in [-0.39, 0.29) is 16.9 Å². The molecule has 0 bridgehead atoms. The summed E-state index contributed by atoms with van der Waals surface area (Å²) in [5.41, 5.74) is -4.71. The quantitative estimate of drug-likeness (QED) is 0.560. The van der Waals surface area contributed by atoms with Gasteiger partial charge in [0.1, 0.15) is 5.78 Å². The molecule has 156 valence electrons. The second-order valence-electron chi connectivity index (χ2n) is 7.03. The molecule has 0 amide bonds. The molecule has 2 aliphatic rings. The third-order valence-corrected chi connectivity index (χ3v) is 5.09. The highest BCUT2D eigenvalue weighted by Crippen LogP contribution is 2.53. The van der Waals surface area contributed by atoms with E-state index in [1.54, 1.807) is 0 Å². The monoisotopic (exact) mass is 426 g/mol. The van der Waals surface area contributed by atoms with Crippen LogP contribution in [-0.4, -0.2) is 18.1 Å². The Morgan fingerprint density at radius 2 is 1.00 bits per heavy atom. The number of benzene rings is 2. The number of carbonyl (C=O) groups is 1. The van der Waals surface area contributed by atoms with E-state index in [0.29, 0.717) is 11.1 Å². The second kappa shape index (κ2) is 6.19. The van der Waals surface area contributed by atoms with Gasteiger partial charge in [-0.15, -0.1) is 20.5 Å². The summed E-state index contributed by atoms with van der Waals surface area (Å²) >= 11 is 0. The highest BCUT2D eigenvalue weighted by molar-refractivity contribution is 5.87. The summed E-state index contributed by atoms with van der Waals surface area (Å²) in [6.07, 6.45) is -9.34. The van der Waals surface area contributed by atoms with E-state index < -0.39 is 29.6 Å². The highest BCUT2D eigenvalue weighted by Gasteiger charge is 2.66. The average molecular weight is 426 g/mol. The van der Waals surface area contributed by atoms with Crippen molar-refractivity contribution in [1.29, 1.82) is 0 Å². The topological polar surface area (TPSA) is 66.5 Å². The molecule has 0 aliphatic carbocycles. The van der Waals surface area contributed by atoms with Gasteiger partial charge in [-0.2, -0.15) is 26.3 Å². The Morgan fingerprint density at radius 3 is 1.20 bits per heavy atom. The van der Waals surface area contributed by atoms with Crippen molar-refractivity contribution in [2.24, 2.45) is 20.5 Å². The number of Topliss-reactive ketones (excluding diaryl/α,β-unsaturated/α-hetero) is 1. The van der Waals surface area contributed by atoms with Gasteiger partial charge in [0.15, 0.2) is 0 Å². The zero-order valence-corrected chi connectivity index (χ0v) is 15.2. The molecule has 30 heavy (non-hydrogen) atoms. The van der Waals surface area contributed by atoms with Crippen molar-refractivity contribution in [2.45, 2.75) is 36.5 Å². The maximum atomic E-state index is 13.1. The number of alkyl halides is 6. The number of hydrogen-bond donors (Lipinski definition) is 0. The maximum Gasteiger partial charge on any atom is 0.442 e. The zero-order chi connectivity index (χ0) is 21.9. The Morgan fingerprint density at radius 1 is 0.700 bits per heavy atom. The van der Waals surface area contributed by atoms with Crippen LogP contribution in [0.15, 0.2) is 69.0 Å². The fourth-order valence-corrected chi connectivity index (χ4v) is 3.36. The first-order valence-corrected chi connectivity index (χ1v) is 8.64. The Hall–Kier alpha value is -3.11. The molecule has 0 N–H and O–H groups in total. The van der Waals surface area contributed by atoms with Crippen molar-refractivity contribution in [3.05, 3.63) is 70.8 Å². The van der Waals surface area contributed by atoms with Gasteiger partial charge in [0.2, 0.25) is 0 Å². The van der Waals surface area contributed by atoms with Crippen molar-refractivity contribution >= 4 is 5.78 Å². The van der Waals surface area contributed by atoms with Crippen LogP contribution in [0, 0.1) is 0 Å². The molecule has 0 saturated carbocycles. The Bertz CT molecular complexity index is 963. The molecule has 2 aliphatic heterocycles. The number of hydrogen-bond acceptors (Lipinski definition) is 5. The van der Waals surface area contributed by atoms with Gasteiger partial charge >= 0.3 is 23.7 Å². The first-order chi connectivity index (χ1) is 13.9. The van der Waals surface area contributed by atoms with Crippen LogP contribution >= 0.6 is 0 Å². The fourth-order valence-electron chi connectivity index (χ4n) is 3.36. The highest BCUT2D eigenvalue weighted by atomic mass is 19.4. The van der Waals surface area contributed by atoms with Gasteiger partial charge in [-0.05, 0) is 18.1 Å². The summed E-state index contributed by atoms with van der Waals surface area (Å²) < 4.78 is 78.7. The first kappa shape index (κ1) is 20.2. The molecule has 0 spiro atoms. The summed E-state index contributed by atoms with van der Waals surface area (Å²) in [7, 11) is 0. The summed E-state index contributed by atoms with van der Waals surface area (Å²) in [5.74, 6) is -1.19. The smallest absolute Gasteiger partial charge is 0.299 e. The predicted molar refractivity (Wildman–Crippen MR) is 90.6 cm³/mol. The van der Waals surface area contributed by atoms with Gasteiger partial charge in [0.25, 0.3) is 0 Å². The first-order valence-electron chi connectivity index (χ1n) is 8.64. The van der Waals surface area contributed by atoms with E-state index in [0.717, 1.165) is 0 Å². The van der Waals surface area contributed by atoms with Crippen molar-refractivity contribution in [3.63, 3.8) is 0 Å². The summed E-state index contributed by atoms with van der Waals surface area (Å²) in [4.78, 5) is 12.2. The van der Waals surface area contributed by atoms with Crippen LogP contribution in [-0.2, 0) is 16.1 Å². The molecule has 5 nitrogen and oxygen atoms in total. The minimum Gasteiger partial charge on any atom is -0.299 e. The lowest BCUT2D eigenvalue weighted by Gasteiger charge is -2.19. The van der Waals surface area contributed by atoms with Gasteiger partial charge in [0.05, 0.1) is 5.92 Å². The Kier molecular flexibility index (Phi) is 4.16. The molecule has 2 heterocycles. The van der Waals surface area contributed by atoms with Crippen LogP contribution in [0.3, 0.4) is 0 Å². The summed E-state index contributed by atoms with van der Waals surface area (Å²) in [6.45, 7) is 1.29. The third-order valence-electron chi connectivity index (χ3n) is 5.09. The van der Waals surface area contributed by atoms with Gasteiger partial charge in [0, 0.05) is 11.1 Å². The molecule has 2 aromatic carbocycles. The lowest BCUT2D eigenvalue weighted by atomic mass is 9.86. The number of nitrogens with zero attached hydrogens (tertiary/aromatic N) is 4. The van der Waals surface area contributed by atoms with E-state index in [1.807, 2.05) is 0 Å². The van der Waals surface area contributed by atoms with Gasteiger partial charge < -0.3 is 0 Å². The molecule has 0 atom stereocenters.